The molecule has 2 aromatic carbocycles. The van der Waals surface area contributed by atoms with E-state index in [9.17, 15) is 14.7 Å². The van der Waals surface area contributed by atoms with Crippen LogP contribution in [0, 0.1) is 0 Å². The molecule has 0 saturated heterocycles. The van der Waals surface area contributed by atoms with Gasteiger partial charge in [0, 0.05) is 12.6 Å². The van der Waals surface area contributed by atoms with E-state index in [1.54, 1.807) is 24.3 Å². The highest BCUT2D eigenvalue weighted by Crippen LogP contribution is 2.14. The zero-order valence-electron chi connectivity index (χ0n) is 14.1. The first kappa shape index (κ1) is 17.6. The molecular formula is C20H19N3O3. The second-order valence-electron chi connectivity index (χ2n) is 5.78. The summed E-state index contributed by atoms with van der Waals surface area (Å²) < 4.78 is 1.19. The van der Waals surface area contributed by atoms with Gasteiger partial charge in [-0.2, -0.15) is 9.78 Å². The summed E-state index contributed by atoms with van der Waals surface area (Å²) in [7, 11) is 0. The van der Waals surface area contributed by atoms with E-state index in [0.717, 1.165) is 5.56 Å². The molecule has 0 bridgehead atoms. The second kappa shape index (κ2) is 8.22. The molecule has 0 aliphatic carbocycles. The monoisotopic (exact) mass is 349 g/mol. The lowest BCUT2D eigenvalue weighted by Crippen LogP contribution is -2.30. The summed E-state index contributed by atoms with van der Waals surface area (Å²) >= 11 is 0. The topological polar surface area (TPSA) is 84.2 Å². The van der Waals surface area contributed by atoms with Gasteiger partial charge in [-0.05, 0) is 30.2 Å². The van der Waals surface area contributed by atoms with Gasteiger partial charge in [-0.3, -0.25) is 9.59 Å². The van der Waals surface area contributed by atoms with Crippen molar-refractivity contribution in [2.45, 2.75) is 12.5 Å². The standard InChI is InChI=1S/C20H19N3O3/c24-18(15-7-3-1-4-8-15)13-14-21-20(26)17-11-12-19(25)23(22-17)16-9-5-2-6-10-16/h1-12,18,24H,13-14H2,(H,21,26). The fraction of sp³-hybridized carbons (Fsp3) is 0.150. The van der Waals surface area contributed by atoms with E-state index in [1.807, 2.05) is 36.4 Å². The van der Waals surface area contributed by atoms with E-state index in [2.05, 4.69) is 10.4 Å². The quantitative estimate of drug-likeness (QED) is 0.714. The SMILES string of the molecule is O=C(NCCC(O)c1ccccc1)c1ccc(=O)n(-c2ccccc2)n1. The molecule has 1 heterocycles. The van der Waals surface area contributed by atoms with Crippen LogP contribution < -0.4 is 10.9 Å². The zero-order valence-corrected chi connectivity index (χ0v) is 14.1. The number of hydrogen-bond acceptors (Lipinski definition) is 4. The molecule has 1 atom stereocenters. The molecule has 26 heavy (non-hydrogen) atoms. The molecule has 1 unspecified atom stereocenters. The van der Waals surface area contributed by atoms with Crippen LogP contribution >= 0.6 is 0 Å². The number of carbonyl (C=O) groups is 1. The third kappa shape index (κ3) is 4.23. The van der Waals surface area contributed by atoms with Crippen LogP contribution in [0.3, 0.4) is 0 Å². The number of aromatic nitrogens is 2. The summed E-state index contributed by atoms with van der Waals surface area (Å²) in [5.74, 6) is -0.394. The van der Waals surface area contributed by atoms with Crippen molar-refractivity contribution in [2.75, 3.05) is 6.54 Å². The van der Waals surface area contributed by atoms with Crippen molar-refractivity contribution < 1.29 is 9.90 Å². The first-order valence-corrected chi connectivity index (χ1v) is 8.32. The van der Waals surface area contributed by atoms with Crippen molar-refractivity contribution in [3.05, 3.63) is 94.4 Å². The lowest BCUT2D eigenvalue weighted by atomic mass is 10.1. The maximum absolute atomic E-state index is 12.3. The molecule has 0 aliphatic rings. The minimum atomic E-state index is -0.650. The first-order chi connectivity index (χ1) is 12.6. The average molecular weight is 349 g/mol. The predicted octanol–water partition coefficient (Wildman–Crippen LogP) is 2.09. The number of carbonyl (C=O) groups excluding carboxylic acids is 1. The lowest BCUT2D eigenvalue weighted by Gasteiger charge is -2.12. The Bertz CT molecular complexity index is 924. The van der Waals surface area contributed by atoms with Gasteiger partial charge in [0.1, 0.15) is 5.69 Å². The van der Waals surface area contributed by atoms with E-state index in [1.165, 1.54) is 16.8 Å². The molecule has 2 N–H and O–H groups in total. The molecule has 132 valence electrons. The van der Waals surface area contributed by atoms with Crippen molar-refractivity contribution in [3.63, 3.8) is 0 Å². The summed E-state index contributed by atoms with van der Waals surface area (Å²) in [6.45, 7) is 0.293. The Hall–Kier alpha value is -3.25. The first-order valence-electron chi connectivity index (χ1n) is 8.32. The maximum Gasteiger partial charge on any atom is 0.271 e. The fourth-order valence-corrected chi connectivity index (χ4v) is 2.54. The van der Waals surface area contributed by atoms with Crippen LogP contribution in [0.25, 0.3) is 5.69 Å². The van der Waals surface area contributed by atoms with Crippen LogP contribution in [0.1, 0.15) is 28.6 Å². The Morgan fingerprint density at radius 2 is 1.65 bits per heavy atom. The van der Waals surface area contributed by atoms with Crippen LogP contribution in [0.15, 0.2) is 77.6 Å². The molecule has 3 rings (SSSR count). The van der Waals surface area contributed by atoms with Crippen LogP contribution in [0.4, 0.5) is 0 Å². The van der Waals surface area contributed by atoms with E-state index < -0.39 is 12.0 Å². The van der Waals surface area contributed by atoms with Gasteiger partial charge in [0.25, 0.3) is 11.5 Å². The highest BCUT2D eigenvalue weighted by atomic mass is 16.3. The van der Waals surface area contributed by atoms with Crippen LogP contribution in [0.5, 0.6) is 0 Å². The van der Waals surface area contributed by atoms with Gasteiger partial charge >= 0.3 is 0 Å². The normalized spacial score (nSPS) is 11.7. The molecule has 1 aromatic heterocycles. The van der Waals surface area contributed by atoms with Gasteiger partial charge in [0.05, 0.1) is 11.8 Å². The Balaban J connectivity index is 1.64. The maximum atomic E-state index is 12.3. The number of nitrogens with zero attached hydrogens (tertiary/aromatic N) is 2. The van der Waals surface area contributed by atoms with Crippen molar-refractivity contribution in [3.8, 4) is 5.69 Å². The minimum absolute atomic E-state index is 0.141. The Kier molecular flexibility index (Phi) is 5.56. The van der Waals surface area contributed by atoms with E-state index in [0.29, 0.717) is 18.7 Å². The fourth-order valence-electron chi connectivity index (χ4n) is 2.54. The molecule has 0 radical (unpaired) electrons. The summed E-state index contributed by atoms with van der Waals surface area (Å²) in [4.78, 5) is 24.3. The van der Waals surface area contributed by atoms with Crippen LogP contribution in [0.2, 0.25) is 0 Å². The molecular weight excluding hydrogens is 330 g/mol. The molecule has 0 saturated carbocycles. The summed E-state index contributed by atoms with van der Waals surface area (Å²) in [6, 6.07) is 20.9. The number of para-hydroxylation sites is 1. The van der Waals surface area contributed by atoms with Crippen molar-refractivity contribution in [1.29, 1.82) is 0 Å². The van der Waals surface area contributed by atoms with Gasteiger partial charge < -0.3 is 10.4 Å². The number of amides is 1. The summed E-state index contributed by atoms with van der Waals surface area (Å²) in [5.41, 5.74) is 1.22. The Morgan fingerprint density at radius 3 is 2.35 bits per heavy atom. The minimum Gasteiger partial charge on any atom is -0.388 e. The average Bonchev–Trinajstić information content (AvgIpc) is 2.69. The molecule has 0 spiro atoms. The van der Waals surface area contributed by atoms with Gasteiger partial charge in [-0.1, -0.05) is 48.5 Å². The van der Waals surface area contributed by atoms with E-state index >= 15 is 0 Å². The number of aliphatic hydroxyl groups excluding tert-OH is 1. The molecule has 6 nitrogen and oxygen atoms in total. The van der Waals surface area contributed by atoms with Crippen molar-refractivity contribution >= 4 is 5.91 Å². The number of nitrogens with one attached hydrogen (secondary N) is 1. The smallest absolute Gasteiger partial charge is 0.271 e. The predicted molar refractivity (Wildman–Crippen MR) is 98.2 cm³/mol. The third-order valence-electron chi connectivity index (χ3n) is 3.92. The number of rotatable bonds is 6. The van der Waals surface area contributed by atoms with E-state index in [-0.39, 0.29) is 11.3 Å². The lowest BCUT2D eigenvalue weighted by molar-refractivity contribution is 0.0936. The number of benzene rings is 2. The second-order valence-corrected chi connectivity index (χ2v) is 5.78. The highest BCUT2D eigenvalue weighted by molar-refractivity contribution is 5.92. The van der Waals surface area contributed by atoms with Crippen LogP contribution in [-0.2, 0) is 0 Å². The van der Waals surface area contributed by atoms with Gasteiger partial charge in [0.2, 0.25) is 0 Å². The van der Waals surface area contributed by atoms with Gasteiger partial charge in [0.15, 0.2) is 0 Å². The molecule has 6 heteroatoms. The van der Waals surface area contributed by atoms with Crippen molar-refractivity contribution in [1.82, 2.24) is 15.1 Å². The third-order valence-corrected chi connectivity index (χ3v) is 3.92. The molecule has 0 aliphatic heterocycles. The largest absolute Gasteiger partial charge is 0.388 e. The van der Waals surface area contributed by atoms with E-state index in [4.69, 9.17) is 0 Å². The Labute approximate surface area is 150 Å². The number of hydrogen-bond donors (Lipinski definition) is 2. The molecule has 0 fully saturated rings. The highest BCUT2D eigenvalue weighted by Gasteiger charge is 2.12. The van der Waals surface area contributed by atoms with Crippen LogP contribution in [-0.4, -0.2) is 27.3 Å². The Morgan fingerprint density at radius 1 is 1.00 bits per heavy atom. The summed E-state index contributed by atoms with van der Waals surface area (Å²) in [6.07, 6.45) is -0.267. The molecule has 1 amide bonds. The van der Waals surface area contributed by atoms with Crippen molar-refractivity contribution in [2.24, 2.45) is 0 Å². The molecule has 3 aromatic rings. The summed E-state index contributed by atoms with van der Waals surface area (Å²) in [5, 5.41) is 17.0. The zero-order chi connectivity index (χ0) is 18.4. The van der Waals surface area contributed by atoms with Gasteiger partial charge in [-0.15, -0.1) is 0 Å². The van der Waals surface area contributed by atoms with Gasteiger partial charge in [-0.25, -0.2) is 0 Å². The number of aliphatic hydroxyl groups is 1.